The fourth-order valence-electron chi connectivity index (χ4n) is 2.12. The quantitative estimate of drug-likeness (QED) is 0.562. The van der Waals surface area contributed by atoms with Crippen molar-refractivity contribution in [2.24, 2.45) is 0 Å². The molecule has 0 saturated carbocycles. The second kappa shape index (κ2) is 5.14. The number of aromatic nitrogens is 4. The number of aliphatic hydroxyl groups is 1. The van der Waals surface area contributed by atoms with Crippen molar-refractivity contribution in [1.82, 2.24) is 19.9 Å². The molecular weight excluding hydrogens is 256 g/mol. The van der Waals surface area contributed by atoms with Gasteiger partial charge in [0.2, 0.25) is 5.95 Å². The van der Waals surface area contributed by atoms with E-state index < -0.39 is 0 Å². The summed E-state index contributed by atoms with van der Waals surface area (Å²) in [5.74, 6) is 0.227. The first-order valence-corrected chi connectivity index (χ1v) is 6.19. The Balaban J connectivity index is 2.16. The lowest BCUT2D eigenvalue weighted by molar-refractivity contribution is 0.311. The molecule has 3 heterocycles. The van der Waals surface area contributed by atoms with Gasteiger partial charge in [0.15, 0.2) is 0 Å². The minimum atomic E-state index is 0.0596. The number of nitrogens with one attached hydrogen (secondary N) is 2. The number of anilines is 2. The van der Waals surface area contributed by atoms with Gasteiger partial charge in [0.1, 0.15) is 5.65 Å². The van der Waals surface area contributed by atoms with Crippen LogP contribution < -0.4 is 11.1 Å². The van der Waals surface area contributed by atoms with Crippen molar-refractivity contribution in [3.63, 3.8) is 0 Å². The predicted molar refractivity (Wildman–Crippen MR) is 77.1 cm³/mol. The molecule has 5 N–H and O–H groups in total. The van der Waals surface area contributed by atoms with Gasteiger partial charge in [0, 0.05) is 36.4 Å². The van der Waals surface area contributed by atoms with Crippen LogP contribution in [0.25, 0.3) is 22.3 Å². The third kappa shape index (κ3) is 2.14. The Kier molecular flexibility index (Phi) is 3.18. The van der Waals surface area contributed by atoms with Crippen LogP contribution >= 0.6 is 0 Å². The summed E-state index contributed by atoms with van der Waals surface area (Å²) in [7, 11) is 0. The molecule has 7 heteroatoms. The van der Waals surface area contributed by atoms with E-state index in [1.54, 1.807) is 18.5 Å². The number of aliphatic hydroxyl groups excluding tert-OH is 1. The molecule has 0 bridgehead atoms. The molecule has 20 heavy (non-hydrogen) atoms. The number of hydrogen-bond acceptors (Lipinski definition) is 6. The van der Waals surface area contributed by atoms with Gasteiger partial charge in [-0.25, -0.2) is 15.0 Å². The van der Waals surface area contributed by atoms with Crippen LogP contribution in [-0.4, -0.2) is 38.2 Å². The van der Waals surface area contributed by atoms with Gasteiger partial charge in [0.25, 0.3) is 0 Å². The molecule has 0 aromatic carbocycles. The highest BCUT2D eigenvalue weighted by atomic mass is 16.3. The molecule has 0 fully saturated rings. The maximum absolute atomic E-state index is 8.95. The van der Waals surface area contributed by atoms with Crippen molar-refractivity contribution in [3.8, 4) is 11.3 Å². The van der Waals surface area contributed by atoms with Crippen molar-refractivity contribution >= 4 is 22.7 Å². The lowest BCUT2D eigenvalue weighted by Crippen LogP contribution is -2.06. The van der Waals surface area contributed by atoms with E-state index in [0.29, 0.717) is 6.54 Å². The number of pyridine rings is 1. The molecule has 3 aromatic heterocycles. The Morgan fingerprint density at radius 3 is 2.90 bits per heavy atom. The molecular formula is C13H14N6O. The molecule has 0 radical (unpaired) electrons. The van der Waals surface area contributed by atoms with E-state index in [1.807, 2.05) is 12.3 Å². The molecule has 0 aliphatic carbocycles. The molecule has 3 aromatic rings. The van der Waals surface area contributed by atoms with E-state index in [2.05, 4.69) is 25.3 Å². The molecule has 0 saturated heterocycles. The van der Waals surface area contributed by atoms with Crippen LogP contribution in [0.1, 0.15) is 0 Å². The van der Waals surface area contributed by atoms with Crippen molar-refractivity contribution < 1.29 is 5.11 Å². The smallest absolute Gasteiger partial charge is 0.220 e. The minimum Gasteiger partial charge on any atom is -0.395 e. The lowest BCUT2D eigenvalue weighted by atomic mass is 10.1. The van der Waals surface area contributed by atoms with Crippen LogP contribution in [0.3, 0.4) is 0 Å². The number of nitrogens with zero attached hydrogens (tertiary/aromatic N) is 3. The number of nitrogens with two attached hydrogens (primary N) is 1. The van der Waals surface area contributed by atoms with Crippen molar-refractivity contribution in [3.05, 3.63) is 30.7 Å². The fourth-order valence-corrected chi connectivity index (χ4v) is 2.12. The largest absolute Gasteiger partial charge is 0.395 e. The van der Waals surface area contributed by atoms with Gasteiger partial charge in [0.05, 0.1) is 17.7 Å². The molecule has 0 unspecified atom stereocenters. The van der Waals surface area contributed by atoms with E-state index in [0.717, 1.165) is 28.0 Å². The minimum absolute atomic E-state index is 0.0596. The van der Waals surface area contributed by atoms with Gasteiger partial charge in [-0.3, -0.25) is 0 Å². The third-order valence-electron chi connectivity index (χ3n) is 2.95. The molecule has 0 atom stereocenters. The average molecular weight is 270 g/mol. The zero-order valence-electron chi connectivity index (χ0n) is 10.7. The van der Waals surface area contributed by atoms with Crippen molar-refractivity contribution in [2.45, 2.75) is 0 Å². The summed E-state index contributed by atoms with van der Waals surface area (Å²) in [5.41, 5.74) is 8.88. The fraction of sp³-hybridized carbons (Fsp3) is 0.154. The zero-order valence-corrected chi connectivity index (χ0v) is 10.7. The maximum Gasteiger partial charge on any atom is 0.220 e. The van der Waals surface area contributed by atoms with Gasteiger partial charge < -0.3 is 21.1 Å². The van der Waals surface area contributed by atoms with Crippen LogP contribution in [-0.2, 0) is 0 Å². The van der Waals surface area contributed by atoms with E-state index in [1.165, 1.54) is 0 Å². The second-order valence-corrected chi connectivity index (χ2v) is 4.23. The molecule has 3 rings (SSSR count). The normalized spacial score (nSPS) is 10.8. The van der Waals surface area contributed by atoms with E-state index >= 15 is 0 Å². The number of H-pyrrole nitrogens is 1. The molecule has 102 valence electrons. The summed E-state index contributed by atoms with van der Waals surface area (Å²) in [4.78, 5) is 15.5. The van der Waals surface area contributed by atoms with Crippen LogP contribution in [0.4, 0.5) is 11.6 Å². The Hall–Kier alpha value is -2.67. The summed E-state index contributed by atoms with van der Waals surface area (Å²) < 4.78 is 0. The standard InChI is InChI=1S/C13H14N6O/c14-13-17-4-1-9(19-13)8-7-18-12-11(8)10(2-3-16-12)15-5-6-20/h1-4,7,20H,5-6H2,(H2,14,17,19)(H2,15,16,18). The Labute approximate surface area is 114 Å². The molecule has 0 aliphatic rings. The summed E-state index contributed by atoms with van der Waals surface area (Å²) in [6.07, 6.45) is 5.16. The molecule has 0 aliphatic heterocycles. The maximum atomic E-state index is 8.95. The highest BCUT2D eigenvalue weighted by molar-refractivity contribution is 6.01. The SMILES string of the molecule is Nc1nccc(-c2c[nH]c3nccc(NCCO)c23)n1. The summed E-state index contributed by atoms with van der Waals surface area (Å²) in [6.45, 7) is 0.527. The van der Waals surface area contributed by atoms with Gasteiger partial charge in [-0.1, -0.05) is 0 Å². The highest BCUT2D eigenvalue weighted by Crippen LogP contribution is 2.31. The average Bonchev–Trinajstić information content (AvgIpc) is 2.89. The van der Waals surface area contributed by atoms with Crippen molar-refractivity contribution in [2.75, 3.05) is 24.2 Å². The van der Waals surface area contributed by atoms with Gasteiger partial charge in [-0.15, -0.1) is 0 Å². The third-order valence-corrected chi connectivity index (χ3v) is 2.95. The highest BCUT2D eigenvalue weighted by Gasteiger charge is 2.12. The monoisotopic (exact) mass is 270 g/mol. The number of nitrogen functional groups attached to an aromatic ring is 1. The van der Waals surface area contributed by atoms with Crippen LogP contribution in [0, 0.1) is 0 Å². The van der Waals surface area contributed by atoms with Crippen molar-refractivity contribution in [1.29, 1.82) is 0 Å². The first kappa shape index (κ1) is 12.4. The van der Waals surface area contributed by atoms with E-state index in [4.69, 9.17) is 10.8 Å². The van der Waals surface area contributed by atoms with Gasteiger partial charge in [-0.05, 0) is 12.1 Å². The van der Waals surface area contributed by atoms with E-state index in [-0.39, 0.29) is 12.6 Å². The zero-order chi connectivity index (χ0) is 13.9. The van der Waals surface area contributed by atoms with Gasteiger partial charge in [-0.2, -0.15) is 0 Å². The Bertz CT molecular complexity index is 739. The number of fused-ring (bicyclic) bond motifs is 1. The Morgan fingerprint density at radius 1 is 1.25 bits per heavy atom. The Morgan fingerprint density at radius 2 is 2.10 bits per heavy atom. The molecule has 0 spiro atoms. The van der Waals surface area contributed by atoms with Crippen LogP contribution in [0.15, 0.2) is 30.7 Å². The summed E-state index contributed by atoms with van der Waals surface area (Å²) in [5, 5.41) is 13.0. The summed E-state index contributed by atoms with van der Waals surface area (Å²) in [6, 6.07) is 3.65. The second-order valence-electron chi connectivity index (χ2n) is 4.23. The number of aromatic amines is 1. The predicted octanol–water partition coefficient (Wildman–Crippen LogP) is 1.01. The topological polar surface area (TPSA) is 113 Å². The van der Waals surface area contributed by atoms with Gasteiger partial charge >= 0.3 is 0 Å². The lowest BCUT2D eigenvalue weighted by Gasteiger charge is -2.07. The molecule has 7 nitrogen and oxygen atoms in total. The van der Waals surface area contributed by atoms with E-state index in [9.17, 15) is 0 Å². The van der Waals surface area contributed by atoms with Crippen LogP contribution in [0.2, 0.25) is 0 Å². The number of hydrogen-bond donors (Lipinski definition) is 4. The summed E-state index contributed by atoms with van der Waals surface area (Å²) >= 11 is 0. The number of rotatable bonds is 4. The first-order valence-electron chi connectivity index (χ1n) is 6.19. The molecule has 0 amide bonds. The first-order chi connectivity index (χ1) is 9.79. The van der Waals surface area contributed by atoms with Crippen LogP contribution in [0.5, 0.6) is 0 Å².